The third kappa shape index (κ3) is 4.38. The molecule has 1 aromatic carbocycles. The zero-order chi connectivity index (χ0) is 22.1. The van der Waals surface area contributed by atoms with E-state index in [1.807, 2.05) is 24.8 Å². The Labute approximate surface area is 190 Å². The first kappa shape index (κ1) is 21.6. The average Bonchev–Trinajstić information content (AvgIpc) is 2.75. The second kappa shape index (κ2) is 8.85. The number of hydrogen-bond acceptors (Lipinski definition) is 5. The highest BCUT2D eigenvalue weighted by Crippen LogP contribution is 2.27. The van der Waals surface area contributed by atoms with Crippen LogP contribution in [0.15, 0.2) is 41.3 Å². The van der Waals surface area contributed by atoms with Crippen LogP contribution in [0.2, 0.25) is 10.0 Å². The van der Waals surface area contributed by atoms with Crippen LogP contribution in [0.3, 0.4) is 0 Å². The number of rotatable bonds is 4. The van der Waals surface area contributed by atoms with Gasteiger partial charge in [0.15, 0.2) is 5.69 Å². The van der Waals surface area contributed by atoms with E-state index < -0.39 is 0 Å². The Morgan fingerprint density at radius 2 is 1.77 bits per heavy atom. The summed E-state index contributed by atoms with van der Waals surface area (Å²) < 4.78 is 1.41. The maximum absolute atomic E-state index is 13.4. The summed E-state index contributed by atoms with van der Waals surface area (Å²) in [5.74, 6) is 0.713. The summed E-state index contributed by atoms with van der Waals surface area (Å²) in [5, 5.41) is 6.53. The minimum Gasteiger partial charge on any atom is -0.352 e. The molecule has 0 N–H and O–H groups in total. The molecule has 9 heteroatoms. The summed E-state index contributed by atoms with van der Waals surface area (Å²) in [5.41, 5.74) is 0.140. The molecule has 1 aliphatic rings. The third-order valence-electron chi connectivity index (χ3n) is 5.26. The van der Waals surface area contributed by atoms with Crippen molar-refractivity contribution in [3.63, 3.8) is 0 Å². The summed E-state index contributed by atoms with van der Waals surface area (Å²) in [6.07, 6.45) is 1.56. The molecule has 7 nitrogen and oxygen atoms in total. The normalized spacial score (nSPS) is 14.5. The van der Waals surface area contributed by atoms with Gasteiger partial charge >= 0.3 is 0 Å². The third-order valence-corrected chi connectivity index (χ3v) is 5.75. The lowest BCUT2D eigenvalue weighted by Crippen LogP contribution is -2.49. The van der Waals surface area contributed by atoms with Crippen molar-refractivity contribution in [2.24, 2.45) is 5.92 Å². The quantitative estimate of drug-likeness (QED) is 0.594. The molecule has 3 aromatic rings. The first-order chi connectivity index (χ1) is 14.8. The fourth-order valence-electron chi connectivity index (χ4n) is 3.77. The van der Waals surface area contributed by atoms with Gasteiger partial charge in [-0.05, 0) is 18.1 Å². The maximum atomic E-state index is 13.4. The molecule has 0 atom stereocenters. The molecule has 0 radical (unpaired) electrons. The van der Waals surface area contributed by atoms with Crippen LogP contribution in [-0.2, 0) is 6.54 Å². The Kier molecular flexibility index (Phi) is 6.16. The number of anilines is 1. The molecule has 0 spiro atoms. The second-order valence-corrected chi connectivity index (χ2v) is 8.86. The predicted octanol–water partition coefficient (Wildman–Crippen LogP) is 3.72. The molecule has 0 aliphatic carbocycles. The van der Waals surface area contributed by atoms with Crippen molar-refractivity contribution in [3.05, 3.63) is 62.6 Å². The fourth-order valence-corrected chi connectivity index (χ4v) is 4.27. The van der Waals surface area contributed by atoms with E-state index in [1.54, 1.807) is 35.4 Å². The van der Waals surface area contributed by atoms with Gasteiger partial charge in [-0.2, -0.15) is 5.10 Å². The van der Waals surface area contributed by atoms with E-state index in [2.05, 4.69) is 10.1 Å². The number of hydrogen-bond donors (Lipinski definition) is 0. The molecule has 1 amide bonds. The van der Waals surface area contributed by atoms with Crippen molar-refractivity contribution in [1.29, 1.82) is 0 Å². The molecular formula is C22H23Cl2N5O2. The van der Waals surface area contributed by atoms with Crippen molar-refractivity contribution in [1.82, 2.24) is 19.7 Å². The van der Waals surface area contributed by atoms with Crippen molar-refractivity contribution in [3.8, 4) is 0 Å². The average molecular weight is 460 g/mol. The van der Waals surface area contributed by atoms with Crippen LogP contribution in [-0.4, -0.2) is 51.8 Å². The van der Waals surface area contributed by atoms with Gasteiger partial charge in [0, 0.05) is 44.3 Å². The zero-order valence-electron chi connectivity index (χ0n) is 17.4. The van der Waals surface area contributed by atoms with Gasteiger partial charge in [0.25, 0.3) is 11.5 Å². The summed E-state index contributed by atoms with van der Waals surface area (Å²) in [6.45, 7) is 6.66. The molecule has 2 aromatic heterocycles. The Hall–Kier alpha value is -2.64. The van der Waals surface area contributed by atoms with E-state index in [9.17, 15) is 9.59 Å². The first-order valence-electron chi connectivity index (χ1n) is 10.2. The van der Waals surface area contributed by atoms with E-state index in [1.165, 1.54) is 4.68 Å². The van der Waals surface area contributed by atoms with Crippen LogP contribution in [0.25, 0.3) is 10.8 Å². The summed E-state index contributed by atoms with van der Waals surface area (Å²) in [4.78, 5) is 34.3. The lowest BCUT2D eigenvalue weighted by Gasteiger charge is -2.35. The number of halogens is 2. The molecule has 1 fully saturated rings. The minimum absolute atomic E-state index is 0.172. The minimum atomic E-state index is -0.177. The standard InChI is InChI=1S/C22H23Cl2N5O2/c1-14(2)13-29-21(30)17-6-4-3-5-16(17)19(26-29)22(31)28-9-7-27(8-10-28)20-18(24)11-15(23)12-25-20/h3-6,11-12,14H,7-10,13H2,1-2H3. The number of carbonyl (C=O) groups excluding carboxylic acids is 1. The molecule has 162 valence electrons. The Bertz CT molecular complexity index is 1190. The molecule has 31 heavy (non-hydrogen) atoms. The van der Waals surface area contributed by atoms with Gasteiger partial charge in [0.1, 0.15) is 5.82 Å². The van der Waals surface area contributed by atoms with Gasteiger partial charge in [-0.3, -0.25) is 9.59 Å². The molecule has 1 aliphatic heterocycles. The van der Waals surface area contributed by atoms with Gasteiger partial charge in [-0.15, -0.1) is 0 Å². The number of benzene rings is 1. The van der Waals surface area contributed by atoms with Gasteiger partial charge in [0.2, 0.25) is 0 Å². The molecule has 0 unspecified atom stereocenters. The summed E-state index contributed by atoms with van der Waals surface area (Å²) in [6, 6.07) is 8.82. The summed E-state index contributed by atoms with van der Waals surface area (Å²) >= 11 is 12.2. The van der Waals surface area contributed by atoms with Gasteiger partial charge < -0.3 is 9.80 Å². The van der Waals surface area contributed by atoms with Crippen LogP contribution in [0, 0.1) is 5.92 Å². The van der Waals surface area contributed by atoms with Crippen molar-refractivity contribution in [2.75, 3.05) is 31.1 Å². The van der Waals surface area contributed by atoms with Crippen molar-refractivity contribution in [2.45, 2.75) is 20.4 Å². The molecular weight excluding hydrogens is 437 g/mol. The van der Waals surface area contributed by atoms with Gasteiger partial charge in [0.05, 0.1) is 15.4 Å². The van der Waals surface area contributed by atoms with Crippen LogP contribution in [0.5, 0.6) is 0 Å². The highest BCUT2D eigenvalue weighted by molar-refractivity contribution is 6.36. The van der Waals surface area contributed by atoms with Crippen molar-refractivity contribution < 1.29 is 4.79 Å². The number of nitrogens with zero attached hydrogens (tertiary/aromatic N) is 5. The number of aromatic nitrogens is 3. The Morgan fingerprint density at radius 1 is 1.10 bits per heavy atom. The maximum Gasteiger partial charge on any atom is 0.275 e. The SMILES string of the molecule is CC(C)Cn1nc(C(=O)N2CCN(c3ncc(Cl)cc3Cl)CC2)c2ccccc2c1=O. The van der Waals surface area contributed by atoms with Crippen LogP contribution >= 0.6 is 23.2 Å². The van der Waals surface area contributed by atoms with E-state index in [0.29, 0.717) is 65.1 Å². The van der Waals surface area contributed by atoms with E-state index >= 15 is 0 Å². The number of pyridine rings is 1. The van der Waals surface area contributed by atoms with E-state index in [0.717, 1.165) is 0 Å². The lowest BCUT2D eigenvalue weighted by atomic mass is 10.1. The van der Waals surface area contributed by atoms with Gasteiger partial charge in [-0.1, -0.05) is 55.2 Å². The first-order valence-corrected chi connectivity index (χ1v) is 11.0. The van der Waals surface area contributed by atoms with E-state index in [4.69, 9.17) is 23.2 Å². The summed E-state index contributed by atoms with van der Waals surface area (Å²) in [7, 11) is 0. The van der Waals surface area contributed by atoms with E-state index in [-0.39, 0.29) is 17.4 Å². The number of carbonyl (C=O) groups is 1. The fraction of sp³-hybridized carbons (Fsp3) is 0.364. The van der Waals surface area contributed by atoms with Crippen LogP contribution in [0.4, 0.5) is 5.82 Å². The topological polar surface area (TPSA) is 71.3 Å². The molecule has 0 saturated carbocycles. The second-order valence-electron chi connectivity index (χ2n) is 8.01. The highest BCUT2D eigenvalue weighted by Gasteiger charge is 2.27. The zero-order valence-corrected chi connectivity index (χ0v) is 18.9. The molecule has 0 bridgehead atoms. The van der Waals surface area contributed by atoms with Crippen LogP contribution in [0.1, 0.15) is 24.3 Å². The molecule has 4 rings (SSSR count). The Balaban J connectivity index is 1.60. The highest BCUT2D eigenvalue weighted by atomic mass is 35.5. The largest absolute Gasteiger partial charge is 0.352 e. The van der Waals surface area contributed by atoms with Crippen molar-refractivity contribution >= 4 is 45.7 Å². The van der Waals surface area contributed by atoms with Gasteiger partial charge in [-0.25, -0.2) is 9.67 Å². The van der Waals surface area contributed by atoms with Crippen LogP contribution < -0.4 is 10.5 Å². The smallest absolute Gasteiger partial charge is 0.275 e. The Morgan fingerprint density at radius 3 is 2.42 bits per heavy atom. The molecule has 3 heterocycles. The number of fused-ring (bicyclic) bond motifs is 1. The molecule has 1 saturated heterocycles. The number of piperazine rings is 1. The monoisotopic (exact) mass is 459 g/mol. The lowest BCUT2D eigenvalue weighted by molar-refractivity contribution is 0.0739. The predicted molar refractivity (Wildman–Crippen MR) is 123 cm³/mol. The number of amides is 1.